The maximum Gasteiger partial charge on any atom is 0.120 e. The molecule has 1 saturated heterocycles. The largest absolute Gasteiger partial charge is 0.508 e. The van der Waals surface area contributed by atoms with E-state index in [0.29, 0.717) is 11.1 Å². The van der Waals surface area contributed by atoms with Gasteiger partial charge in [-0.15, -0.1) is 0 Å². The highest BCUT2D eigenvalue weighted by molar-refractivity contribution is 6.30. The molecule has 5 nitrogen and oxygen atoms in total. The summed E-state index contributed by atoms with van der Waals surface area (Å²) in [7, 11) is 1.67. The zero-order valence-electron chi connectivity index (χ0n) is 17.8. The molecule has 4 rings (SSSR count). The van der Waals surface area contributed by atoms with Crippen LogP contribution in [0.2, 0.25) is 5.02 Å². The minimum Gasteiger partial charge on any atom is -0.508 e. The highest BCUT2D eigenvalue weighted by atomic mass is 35.5. The number of phenols is 1. The monoisotopic (exact) mass is 427 g/mol. The smallest absolute Gasteiger partial charge is 0.120 e. The summed E-state index contributed by atoms with van der Waals surface area (Å²) in [5.74, 6) is 1.08. The molecule has 1 unspecified atom stereocenters. The Hall–Kier alpha value is -2.21. The standard InChI is InChI=1S/C24H30ClN3O2/c1-16(2)28-12-10-24(11-13-28)26-21(17-4-7-19(30-3)8-5-17)15-22(27-24)20-14-18(25)6-9-23(20)29/h4-9,14-16,22,26-27,29H,10-13H2,1-3H3. The lowest BCUT2D eigenvalue weighted by Crippen LogP contribution is -2.64. The summed E-state index contributed by atoms with van der Waals surface area (Å²) < 4.78 is 5.31. The predicted octanol–water partition coefficient (Wildman–Crippen LogP) is 4.53. The Morgan fingerprint density at radius 1 is 1.13 bits per heavy atom. The van der Waals surface area contributed by atoms with Crippen LogP contribution in [0.15, 0.2) is 48.5 Å². The molecule has 0 bridgehead atoms. The lowest BCUT2D eigenvalue weighted by molar-refractivity contribution is 0.0907. The van der Waals surface area contributed by atoms with Crippen LogP contribution in [-0.2, 0) is 0 Å². The minimum absolute atomic E-state index is 0.146. The minimum atomic E-state index is -0.241. The Balaban J connectivity index is 1.70. The van der Waals surface area contributed by atoms with E-state index in [4.69, 9.17) is 16.3 Å². The fraction of sp³-hybridized carbons (Fsp3) is 0.417. The van der Waals surface area contributed by atoms with Crippen molar-refractivity contribution in [3.05, 3.63) is 64.7 Å². The van der Waals surface area contributed by atoms with E-state index in [1.54, 1.807) is 19.2 Å². The molecule has 0 aliphatic carbocycles. The number of likely N-dealkylation sites (tertiary alicyclic amines) is 1. The molecule has 1 spiro atoms. The van der Waals surface area contributed by atoms with E-state index in [9.17, 15) is 5.11 Å². The quantitative estimate of drug-likeness (QED) is 0.669. The highest BCUT2D eigenvalue weighted by Gasteiger charge is 2.40. The second-order valence-electron chi connectivity index (χ2n) is 8.47. The summed E-state index contributed by atoms with van der Waals surface area (Å²) >= 11 is 6.26. The summed E-state index contributed by atoms with van der Waals surface area (Å²) in [4.78, 5) is 2.51. The van der Waals surface area contributed by atoms with Gasteiger partial charge >= 0.3 is 0 Å². The van der Waals surface area contributed by atoms with E-state index in [1.165, 1.54) is 0 Å². The summed E-state index contributed by atoms with van der Waals surface area (Å²) in [5, 5.41) is 18.7. The fourth-order valence-electron chi connectivity index (χ4n) is 4.41. The molecule has 160 valence electrons. The molecule has 0 amide bonds. The average Bonchev–Trinajstić information content (AvgIpc) is 2.75. The number of rotatable bonds is 4. The van der Waals surface area contributed by atoms with Gasteiger partial charge in [0.25, 0.3) is 0 Å². The van der Waals surface area contributed by atoms with Gasteiger partial charge in [0.15, 0.2) is 0 Å². The summed E-state index contributed by atoms with van der Waals surface area (Å²) in [6, 6.07) is 13.7. The molecule has 2 aliphatic heterocycles. The number of aromatic hydroxyl groups is 1. The zero-order chi connectivity index (χ0) is 21.3. The van der Waals surface area contributed by atoms with Gasteiger partial charge in [-0.2, -0.15) is 0 Å². The molecule has 2 aromatic carbocycles. The lowest BCUT2D eigenvalue weighted by Gasteiger charge is -2.49. The van der Waals surface area contributed by atoms with Crippen molar-refractivity contribution in [1.29, 1.82) is 0 Å². The van der Waals surface area contributed by atoms with Gasteiger partial charge < -0.3 is 20.1 Å². The van der Waals surface area contributed by atoms with Gasteiger partial charge in [0.1, 0.15) is 11.5 Å². The van der Waals surface area contributed by atoms with Crippen LogP contribution in [0.4, 0.5) is 0 Å². The summed E-state index contributed by atoms with van der Waals surface area (Å²) in [6.07, 6.45) is 4.07. The first-order valence-corrected chi connectivity index (χ1v) is 10.9. The second-order valence-corrected chi connectivity index (χ2v) is 8.91. The van der Waals surface area contributed by atoms with E-state index >= 15 is 0 Å². The van der Waals surface area contributed by atoms with E-state index in [0.717, 1.165) is 48.5 Å². The Labute approximate surface area is 183 Å². The third-order valence-electron chi connectivity index (χ3n) is 6.25. The van der Waals surface area contributed by atoms with Crippen LogP contribution in [0.1, 0.15) is 43.9 Å². The molecule has 6 heteroatoms. The first-order valence-electron chi connectivity index (χ1n) is 10.5. The maximum atomic E-state index is 10.5. The number of nitrogens with zero attached hydrogens (tertiary/aromatic N) is 1. The van der Waals surface area contributed by atoms with E-state index in [2.05, 4.69) is 47.6 Å². The number of benzene rings is 2. The molecular formula is C24H30ClN3O2. The van der Waals surface area contributed by atoms with Gasteiger partial charge in [0.05, 0.1) is 18.8 Å². The number of piperidine rings is 1. The van der Waals surface area contributed by atoms with Crippen LogP contribution in [0.25, 0.3) is 5.70 Å². The molecule has 0 aromatic heterocycles. The molecule has 1 fully saturated rings. The number of ether oxygens (including phenoxy) is 1. The number of hydrogen-bond acceptors (Lipinski definition) is 5. The molecule has 2 aliphatic rings. The predicted molar refractivity (Wildman–Crippen MR) is 122 cm³/mol. The molecule has 0 saturated carbocycles. The van der Waals surface area contributed by atoms with Crippen LogP contribution in [-0.4, -0.2) is 41.9 Å². The Morgan fingerprint density at radius 3 is 2.47 bits per heavy atom. The number of halogens is 1. The molecular weight excluding hydrogens is 398 g/mol. The second kappa shape index (κ2) is 8.50. The van der Waals surface area contributed by atoms with Crippen molar-refractivity contribution >= 4 is 17.3 Å². The van der Waals surface area contributed by atoms with Crippen LogP contribution in [0.3, 0.4) is 0 Å². The number of methoxy groups -OCH3 is 1. The molecule has 1 atom stereocenters. The number of phenolic OH excluding ortho intramolecular Hbond substituents is 1. The summed E-state index contributed by atoms with van der Waals surface area (Å²) in [5.41, 5.74) is 2.70. The third kappa shape index (κ3) is 4.29. The van der Waals surface area contributed by atoms with Gasteiger partial charge in [-0.3, -0.25) is 5.32 Å². The van der Waals surface area contributed by atoms with Gasteiger partial charge in [-0.1, -0.05) is 11.6 Å². The fourth-order valence-corrected chi connectivity index (χ4v) is 4.59. The van der Waals surface area contributed by atoms with Crippen LogP contribution in [0.5, 0.6) is 11.5 Å². The average molecular weight is 428 g/mol. The third-order valence-corrected chi connectivity index (χ3v) is 6.48. The Morgan fingerprint density at radius 2 is 1.83 bits per heavy atom. The van der Waals surface area contributed by atoms with Crippen molar-refractivity contribution in [3.63, 3.8) is 0 Å². The first-order chi connectivity index (χ1) is 14.4. The lowest BCUT2D eigenvalue weighted by atomic mass is 9.89. The SMILES string of the molecule is COc1ccc(C2=CC(c3cc(Cl)ccc3O)NC3(CCN(C(C)C)CC3)N2)cc1. The van der Waals surface area contributed by atoms with Gasteiger partial charge in [-0.25, -0.2) is 0 Å². The Bertz CT molecular complexity index is 919. The van der Waals surface area contributed by atoms with E-state index < -0.39 is 0 Å². The molecule has 30 heavy (non-hydrogen) atoms. The molecule has 2 aromatic rings. The number of nitrogens with one attached hydrogen (secondary N) is 2. The van der Waals surface area contributed by atoms with E-state index in [-0.39, 0.29) is 17.5 Å². The topological polar surface area (TPSA) is 56.8 Å². The van der Waals surface area contributed by atoms with Crippen LogP contribution in [0, 0.1) is 0 Å². The van der Waals surface area contributed by atoms with Crippen molar-refractivity contribution < 1.29 is 9.84 Å². The molecule has 2 heterocycles. The normalized spacial score (nSPS) is 21.4. The molecule has 3 N–H and O–H groups in total. The number of hydrogen-bond donors (Lipinski definition) is 3. The highest BCUT2D eigenvalue weighted by Crippen LogP contribution is 2.37. The van der Waals surface area contributed by atoms with Crippen molar-refractivity contribution in [2.24, 2.45) is 0 Å². The van der Waals surface area contributed by atoms with Gasteiger partial charge in [0, 0.05) is 35.4 Å². The maximum absolute atomic E-state index is 10.5. The van der Waals surface area contributed by atoms with E-state index in [1.807, 2.05) is 18.2 Å². The van der Waals surface area contributed by atoms with Crippen LogP contribution < -0.4 is 15.4 Å². The first kappa shape index (κ1) is 21.0. The van der Waals surface area contributed by atoms with Crippen molar-refractivity contribution in [2.45, 2.75) is 44.4 Å². The summed E-state index contributed by atoms with van der Waals surface area (Å²) in [6.45, 7) is 6.52. The molecule has 0 radical (unpaired) electrons. The van der Waals surface area contributed by atoms with Crippen molar-refractivity contribution in [2.75, 3.05) is 20.2 Å². The van der Waals surface area contributed by atoms with Crippen molar-refractivity contribution in [3.8, 4) is 11.5 Å². The van der Waals surface area contributed by atoms with Gasteiger partial charge in [-0.05, 0) is 80.8 Å². The van der Waals surface area contributed by atoms with Crippen molar-refractivity contribution in [1.82, 2.24) is 15.5 Å². The Kier molecular flexibility index (Phi) is 5.96. The van der Waals surface area contributed by atoms with Crippen LogP contribution >= 0.6 is 11.6 Å². The van der Waals surface area contributed by atoms with Gasteiger partial charge in [0.2, 0.25) is 0 Å². The zero-order valence-corrected chi connectivity index (χ0v) is 18.5.